The Morgan fingerprint density at radius 1 is 1.11 bits per heavy atom. The molecule has 5 nitrogen and oxygen atoms in total. The third-order valence-electron chi connectivity index (χ3n) is 7.40. The Balaban J connectivity index is 1.42. The van der Waals surface area contributed by atoms with Gasteiger partial charge in [-0.05, 0) is 78.1 Å². The molecular weight excluding hydrogens is 502 g/mol. The van der Waals surface area contributed by atoms with E-state index in [1.807, 2.05) is 18.3 Å². The molecule has 1 saturated heterocycles. The standard InChI is InChI=1S/C30H34ClN3O2S/c1-30(2,3)21-6-13-25-26(18-21)37-29(27(25)28(35)33-23-9-7-22(31)8-10-23)32-19-20-4-11-24(12-5-20)34-14-16-36-17-15-34/h4-5,7-12,19,21H,6,13-18H2,1-3H3,(H,33,35)/t21-/m0/s1. The highest BCUT2D eigenvalue weighted by atomic mass is 35.5. The van der Waals surface area contributed by atoms with E-state index in [9.17, 15) is 4.79 Å². The minimum absolute atomic E-state index is 0.108. The number of hydrogen-bond donors (Lipinski definition) is 1. The Bertz CT molecular complexity index is 1270. The Morgan fingerprint density at radius 3 is 2.49 bits per heavy atom. The molecule has 0 unspecified atom stereocenters. The number of fused-ring (bicyclic) bond motifs is 1. The van der Waals surface area contributed by atoms with E-state index in [1.165, 1.54) is 10.6 Å². The molecule has 194 valence electrons. The Morgan fingerprint density at radius 2 is 1.81 bits per heavy atom. The predicted molar refractivity (Wildman–Crippen MR) is 155 cm³/mol. The van der Waals surface area contributed by atoms with Gasteiger partial charge in [-0.3, -0.25) is 4.79 Å². The topological polar surface area (TPSA) is 53.9 Å². The van der Waals surface area contributed by atoms with Crippen LogP contribution in [0.3, 0.4) is 0 Å². The fraction of sp³-hybridized carbons (Fsp3) is 0.400. The van der Waals surface area contributed by atoms with Gasteiger partial charge in [0.25, 0.3) is 5.91 Å². The van der Waals surface area contributed by atoms with Crippen molar-refractivity contribution in [3.8, 4) is 0 Å². The number of hydrogen-bond acceptors (Lipinski definition) is 5. The van der Waals surface area contributed by atoms with Crippen molar-refractivity contribution in [2.45, 2.75) is 40.0 Å². The van der Waals surface area contributed by atoms with Crippen molar-refractivity contribution in [1.29, 1.82) is 0 Å². The van der Waals surface area contributed by atoms with Crippen LogP contribution in [0.1, 0.15) is 53.6 Å². The van der Waals surface area contributed by atoms with Crippen molar-refractivity contribution >= 4 is 51.4 Å². The number of halogens is 1. The average Bonchev–Trinajstić information content (AvgIpc) is 3.27. The molecule has 1 N–H and O–H groups in total. The first kappa shape index (κ1) is 26.0. The highest BCUT2D eigenvalue weighted by Crippen LogP contribution is 2.45. The summed E-state index contributed by atoms with van der Waals surface area (Å²) in [4.78, 5) is 22.0. The van der Waals surface area contributed by atoms with Gasteiger partial charge in [-0.2, -0.15) is 0 Å². The van der Waals surface area contributed by atoms with Crippen LogP contribution in [0.5, 0.6) is 0 Å². The molecule has 1 aromatic heterocycles. The maximum absolute atomic E-state index is 13.5. The lowest BCUT2D eigenvalue weighted by Crippen LogP contribution is -2.36. The molecule has 1 fully saturated rings. The number of aliphatic imine (C=N–C) groups is 1. The van der Waals surface area contributed by atoms with Crippen LogP contribution in [0, 0.1) is 11.3 Å². The largest absolute Gasteiger partial charge is 0.378 e. The SMILES string of the molecule is CC(C)(C)[C@H]1CCc2c(sc(N=Cc3ccc(N4CCOCC4)cc3)c2C(=O)Nc2ccc(Cl)cc2)C1. The molecule has 0 radical (unpaired) electrons. The lowest BCUT2D eigenvalue weighted by atomic mass is 9.72. The molecule has 1 atom stereocenters. The molecule has 0 bridgehead atoms. The summed E-state index contributed by atoms with van der Waals surface area (Å²) >= 11 is 7.70. The average molecular weight is 536 g/mol. The first-order valence-corrected chi connectivity index (χ1v) is 14.2. The van der Waals surface area contributed by atoms with Crippen LogP contribution >= 0.6 is 22.9 Å². The molecule has 2 heterocycles. The molecular formula is C30H34ClN3O2S. The number of rotatable bonds is 5. The third-order valence-corrected chi connectivity index (χ3v) is 8.82. The van der Waals surface area contributed by atoms with Crippen molar-refractivity contribution in [1.82, 2.24) is 0 Å². The molecule has 37 heavy (non-hydrogen) atoms. The normalized spacial score (nSPS) is 18.2. The number of amides is 1. The van der Waals surface area contributed by atoms with Gasteiger partial charge in [0.05, 0.1) is 18.8 Å². The van der Waals surface area contributed by atoms with Gasteiger partial charge in [0.2, 0.25) is 0 Å². The van der Waals surface area contributed by atoms with Gasteiger partial charge in [0.1, 0.15) is 5.00 Å². The van der Waals surface area contributed by atoms with Crippen LogP contribution < -0.4 is 10.2 Å². The zero-order valence-electron chi connectivity index (χ0n) is 21.7. The second-order valence-corrected chi connectivity index (χ2v) is 12.4. The second-order valence-electron chi connectivity index (χ2n) is 10.9. The van der Waals surface area contributed by atoms with Crippen molar-refractivity contribution in [2.75, 3.05) is 36.5 Å². The van der Waals surface area contributed by atoms with Crippen LogP contribution in [0.15, 0.2) is 53.5 Å². The van der Waals surface area contributed by atoms with Gasteiger partial charge in [-0.15, -0.1) is 11.3 Å². The van der Waals surface area contributed by atoms with Gasteiger partial charge in [-0.25, -0.2) is 4.99 Å². The summed E-state index contributed by atoms with van der Waals surface area (Å²) in [5.41, 5.74) is 5.05. The summed E-state index contributed by atoms with van der Waals surface area (Å²) in [6.45, 7) is 10.3. The Kier molecular flexibility index (Phi) is 7.70. The highest BCUT2D eigenvalue weighted by Gasteiger charge is 2.33. The molecule has 7 heteroatoms. The molecule has 1 aliphatic carbocycles. The number of carbonyl (C=O) groups is 1. The smallest absolute Gasteiger partial charge is 0.259 e. The van der Waals surface area contributed by atoms with E-state index in [2.05, 4.69) is 55.3 Å². The molecule has 5 rings (SSSR count). The molecule has 0 spiro atoms. The van der Waals surface area contributed by atoms with Gasteiger partial charge < -0.3 is 15.0 Å². The molecule has 3 aromatic rings. The predicted octanol–water partition coefficient (Wildman–Crippen LogP) is 7.39. The summed E-state index contributed by atoms with van der Waals surface area (Å²) in [5, 5.41) is 4.49. The molecule has 2 aliphatic rings. The lowest BCUT2D eigenvalue weighted by Gasteiger charge is -2.33. The summed E-state index contributed by atoms with van der Waals surface area (Å²) in [7, 11) is 0. The minimum Gasteiger partial charge on any atom is -0.378 e. The zero-order chi connectivity index (χ0) is 26.0. The van der Waals surface area contributed by atoms with Crippen molar-refractivity contribution in [2.24, 2.45) is 16.3 Å². The quantitative estimate of drug-likeness (QED) is 0.346. The molecule has 1 aliphatic heterocycles. The van der Waals surface area contributed by atoms with Gasteiger partial charge in [0, 0.05) is 40.6 Å². The van der Waals surface area contributed by atoms with Gasteiger partial charge >= 0.3 is 0 Å². The van der Waals surface area contributed by atoms with E-state index >= 15 is 0 Å². The maximum Gasteiger partial charge on any atom is 0.259 e. The summed E-state index contributed by atoms with van der Waals surface area (Å²) in [6, 6.07) is 15.7. The number of ether oxygens (including phenoxy) is 1. The van der Waals surface area contributed by atoms with Crippen LogP contribution in [0.2, 0.25) is 5.02 Å². The van der Waals surface area contributed by atoms with E-state index in [4.69, 9.17) is 21.3 Å². The van der Waals surface area contributed by atoms with E-state index in [0.717, 1.165) is 67.4 Å². The highest BCUT2D eigenvalue weighted by molar-refractivity contribution is 7.16. The third kappa shape index (κ3) is 6.08. The van der Waals surface area contributed by atoms with Crippen LogP contribution in [0.25, 0.3) is 0 Å². The van der Waals surface area contributed by atoms with Crippen molar-refractivity contribution < 1.29 is 9.53 Å². The molecule has 0 saturated carbocycles. The second kappa shape index (κ2) is 11.0. The fourth-order valence-corrected chi connectivity index (χ4v) is 6.48. The lowest BCUT2D eigenvalue weighted by molar-refractivity contribution is 0.102. The zero-order valence-corrected chi connectivity index (χ0v) is 23.3. The van der Waals surface area contributed by atoms with E-state index < -0.39 is 0 Å². The summed E-state index contributed by atoms with van der Waals surface area (Å²) in [5.74, 6) is 0.485. The number of carbonyl (C=O) groups excluding carboxylic acids is 1. The monoisotopic (exact) mass is 535 g/mol. The minimum atomic E-state index is -0.108. The molecule has 2 aromatic carbocycles. The fourth-order valence-electron chi connectivity index (χ4n) is 5.09. The van der Waals surface area contributed by atoms with Gasteiger partial charge in [-0.1, -0.05) is 44.5 Å². The number of nitrogens with zero attached hydrogens (tertiary/aromatic N) is 2. The van der Waals surface area contributed by atoms with Gasteiger partial charge in [0.15, 0.2) is 0 Å². The van der Waals surface area contributed by atoms with Crippen LogP contribution in [0.4, 0.5) is 16.4 Å². The number of nitrogens with one attached hydrogen (secondary N) is 1. The van der Waals surface area contributed by atoms with E-state index in [-0.39, 0.29) is 11.3 Å². The summed E-state index contributed by atoms with van der Waals surface area (Å²) in [6.07, 6.45) is 4.86. The van der Waals surface area contributed by atoms with E-state index in [0.29, 0.717) is 16.5 Å². The number of morpholine rings is 1. The first-order valence-electron chi connectivity index (χ1n) is 13.0. The van der Waals surface area contributed by atoms with Crippen molar-refractivity contribution in [3.05, 3.63) is 75.1 Å². The summed E-state index contributed by atoms with van der Waals surface area (Å²) < 4.78 is 5.46. The molecule has 1 amide bonds. The Labute approximate surface area is 228 Å². The maximum atomic E-state index is 13.5. The number of anilines is 2. The van der Waals surface area contributed by atoms with Crippen LogP contribution in [-0.4, -0.2) is 38.4 Å². The van der Waals surface area contributed by atoms with E-state index in [1.54, 1.807) is 23.5 Å². The van der Waals surface area contributed by atoms with Crippen molar-refractivity contribution in [3.63, 3.8) is 0 Å². The van der Waals surface area contributed by atoms with Crippen LogP contribution in [-0.2, 0) is 17.6 Å². The first-order chi connectivity index (χ1) is 17.8. The number of thiophene rings is 1. The Hall–Kier alpha value is -2.67. The number of benzene rings is 2.